The van der Waals surface area contributed by atoms with Gasteiger partial charge in [0.1, 0.15) is 18.8 Å². The van der Waals surface area contributed by atoms with E-state index in [0.29, 0.717) is 12.2 Å². The number of hydrogen-bond donors (Lipinski definition) is 1. The molecule has 1 fully saturated rings. The highest BCUT2D eigenvalue weighted by Crippen LogP contribution is 2.25. The van der Waals surface area contributed by atoms with E-state index < -0.39 is 6.10 Å². The normalized spacial score (nSPS) is 22.3. The molecule has 0 aromatic carbocycles. The first-order chi connectivity index (χ1) is 7.65. The molecule has 0 unspecified atom stereocenters. The third-order valence-electron chi connectivity index (χ3n) is 2.87. The lowest BCUT2D eigenvalue weighted by atomic mass is 10.1. The van der Waals surface area contributed by atoms with Gasteiger partial charge in [-0.05, 0) is 6.92 Å². The number of rotatable bonds is 3. The highest BCUT2D eigenvalue weighted by molar-refractivity contribution is 5.70. The van der Waals surface area contributed by atoms with Crippen molar-refractivity contribution in [3.8, 4) is 0 Å². The third kappa shape index (κ3) is 1.65. The number of ether oxygens (including phenoxy) is 1. The zero-order chi connectivity index (χ0) is 11.7. The van der Waals surface area contributed by atoms with E-state index in [2.05, 4.69) is 4.98 Å². The number of aliphatic hydroxyl groups excluding tert-OH is 1. The van der Waals surface area contributed by atoms with E-state index in [9.17, 15) is 9.90 Å². The molecule has 0 radical (unpaired) electrons. The quantitative estimate of drug-likeness (QED) is 0.803. The number of nitrogens with zero attached hydrogens (tertiary/aromatic N) is 3. The maximum atomic E-state index is 11.3. The van der Waals surface area contributed by atoms with Crippen molar-refractivity contribution in [1.29, 1.82) is 0 Å². The van der Waals surface area contributed by atoms with Gasteiger partial charge in [0.2, 0.25) is 0 Å². The molecule has 16 heavy (non-hydrogen) atoms. The summed E-state index contributed by atoms with van der Waals surface area (Å²) in [7, 11) is 1.81. The largest absolute Gasteiger partial charge is 0.447 e. The third-order valence-corrected chi connectivity index (χ3v) is 2.87. The molecule has 6 nitrogen and oxygen atoms in total. The van der Waals surface area contributed by atoms with Gasteiger partial charge in [-0.3, -0.25) is 4.90 Å². The van der Waals surface area contributed by atoms with Gasteiger partial charge in [0, 0.05) is 13.6 Å². The van der Waals surface area contributed by atoms with E-state index in [-0.39, 0.29) is 18.7 Å². The van der Waals surface area contributed by atoms with E-state index in [1.165, 1.54) is 4.90 Å². The van der Waals surface area contributed by atoms with Crippen molar-refractivity contribution in [2.24, 2.45) is 7.05 Å². The Hall–Kier alpha value is -1.56. The Morgan fingerprint density at radius 3 is 3.06 bits per heavy atom. The maximum absolute atomic E-state index is 11.3. The molecule has 1 aromatic rings. The average Bonchev–Trinajstić information content (AvgIpc) is 2.83. The summed E-state index contributed by atoms with van der Waals surface area (Å²) >= 11 is 0. The van der Waals surface area contributed by atoms with Crippen molar-refractivity contribution < 1.29 is 14.6 Å². The molecule has 1 N–H and O–H groups in total. The second-order valence-corrected chi connectivity index (χ2v) is 3.80. The summed E-state index contributed by atoms with van der Waals surface area (Å²) in [6.07, 6.45) is 2.08. The molecule has 6 heteroatoms. The lowest BCUT2D eigenvalue weighted by Gasteiger charge is -2.24. The number of aromatic nitrogens is 2. The van der Waals surface area contributed by atoms with Crippen LogP contribution in [0.4, 0.5) is 4.79 Å². The molecule has 88 valence electrons. The van der Waals surface area contributed by atoms with Crippen molar-refractivity contribution >= 4 is 6.09 Å². The molecule has 1 aliphatic heterocycles. The molecule has 1 amide bonds. The van der Waals surface area contributed by atoms with Crippen LogP contribution in [0.2, 0.25) is 0 Å². The van der Waals surface area contributed by atoms with Crippen molar-refractivity contribution in [2.45, 2.75) is 19.1 Å². The van der Waals surface area contributed by atoms with Crippen LogP contribution in [0.1, 0.15) is 18.7 Å². The van der Waals surface area contributed by atoms with E-state index >= 15 is 0 Å². The molecule has 2 heterocycles. The molecule has 1 saturated heterocycles. The van der Waals surface area contributed by atoms with E-state index in [0.717, 1.165) is 0 Å². The van der Waals surface area contributed by atoms with Gasteiger partial charge in [0.25, 0.3) is 0 Å². The number of cyclic esters (lactones) is 1. The smallest absolute Gasteiger partial charge is 0.410 e. The Morgan fingerprint density at radius 2 is 2.50 bits per heavy atom. The van der Waals surface area contributed by atoms with Crippen LogP contribution >= 0.6 is 0 Å². The number of carbonyl (C=O) groups excluding carboxylic acids is 1. The second-order valence-electron chi connectivity index (χ2n) is 3.80. The Labute approximate surface area is 93.4 Å². The van der Waals surface area contributed by atoms with Crippen molar-refractivity contribution in [2.75, 3.05) is 13.2 Å². The number of aryl methyl sites for hydroxylation is 1. The van der Waals surface area contributed by atoms with Crippen LogP contribution in [0.5, 0.6) is 0 Å². The van der Waals surface area contributed by atoms with E-state index in [1.54, 1.807) is 24.1 Å². The first-order valence-corrected chi connectivity index (χ1v) is 5.22. The predicted molar refractivity (Wildman–Crippen MR) is 55.7 cm³/mol. The van der Waals surface area contributed by atoms with Crippen molar-refractivity contribution in [3.63, 3.8) is 0 Å². The van der Waals surface area contributed by atoms with Crippen LogP contribution < -0.4 is 0 Å². The van der Waals surface area contributed by atoms with Gasteiger partial charge in [0.15, 0.2) is 0 Å². The monoisotopic (exact) mass is 225 g/mol. The standard InChI is InChI=1S/C10H15N3O3/c1-3-13-8(5-16-10(13)15)9(14)7-4-11-6-12(7)2/h4,6,8-9,14H,3,5H2,1-2H3/t8-,9+/m1/s1. The summed E-state index contributed by atoms with van der Waals surface area (Å²) in [6.45, 7) is 2.60. The summed E-state index contributed by atoms with van der Waals surface area (Å²) < 4.78 is 6.66. The fourth-order valence-electron chi connectivity index (χ4n) is 1.94. The van der Waals surface area contributed by atoms with Crippen molar-refractivity contribution in [1.82, 2.24) is 14.5 Å². The summed E-state index contributed by atoms with van der Waals surface area (Å²) in [5.41, 5.74) is 0.682. The number of carbonyl (C=O) groups is 1. The number of amides is 1. The fraction of sp³-hybridized carbons (Fsp3) is 0.600. The summed E-state index contributed by atoms with van der Waals surface area (Å²) in [4.78, 5) is 16.8. The minimum Gasteiger partial charge on any atom is -0.447 e. The summed E-state index contributed by atoms with van der Waals surface area (Å²) in [5.74, 6) is 0. The van der Waals surface area contributed by atoms with Crippen LogP contribution in [-0.2, 0) is 11.8 Å². The first kappa shape index (κ1) is 10.9. The molecule has 2 atom stereocenters. The Kier molecular flexibility index (Phi) is 2.82. The molecular formula is C10H15N3O3. The molecular weight excluding hydrogens is 210 g/mol. The zero-order valence-corrected chi connectivity index (χ0v) is 9.33. The highest BCUT2D eigenvalue weighted by Gasteiger charge is 2.38. The lowest BCUT2D eigenvalue weighted by Crippen LogP contribution is -2.38. The minimum atomic E-state index is -0.765. The van der Waals surface area contributed by atoms with Crippen LogP contribution in [0.3, 0.4) is 0 Å². The number of hydrogen-bond acceptors (Lipinski definition) is 4. The molecule has 1 aromatic heterocycles. The zero-order valence-electron chi connectivity index (χ0n) is 9.33. The van der Waals surface area contributed by atoms with Crippen LogP contribution in [-0.4, -0.2) is 44.8 Å². The van der Waals surface area contributed by atoms with Crippen LogP contribution in [0.15, 0.2) is 12.5 Å². The minimum absolute atomic E-state index is 0.221. The van der Waals surface area contributed by atoms with Gasteiger partial charge in [-0.25, -0.2) is 9.78 Å². The van der Waals surface area contributed by atoms with Gasteiger partial charge < -0.3 is 14.4 Å². The van der Waals surface area contributed by atoms with E-state index in [1.807, 2.05) is 6.92 Å². The lowest BCUT2D eigenvalue weighted by molar-refractivity contribution is 0.0824. The SMILES string of the molecule is CCN1C(=O)OC[C@@H]1[C@@H](O)c1cncn1C. The van der Waals surface area contributed by atoms with E-state index in [4.69, 9.17) is 4.74 Å². The van der Waals surface area contributed by atoms with Gasteiger partial charge >= 0.3 is 6.09 Å². The first-order valence-electron chi connectivity index (χ1n) is 5.22. The Balaban J connectivity index is 2.19. The summed E-state index contributed by atoms with van der Waals surface area (Å²) in [5, 5.41) is 10.2. The van der Waals surface area contributed by atoms with Gasteiger partial charge in [0.05, 0.1) is 18.2 Å². The topological polar surface area (TPSA) is 67.6 Å². The number of aliphatic hydroxyl groups is 1. The molecule has 0 saturated carbocycles. The van der Waals surface area contributed by atoms with Crippen molar-refractivity contribution in [3.05, 3.63) is 18.2 Å². The van der Waals surface area contributed by atoms with Gasteiger partial charge in [-0.1, -0.05) is 0 Å². The molecule has 2 rings (SSSR count). The Morgan fingerprint density at radius 1 is 1.75 bits per heavy atom. The van der Waals surface area contributed by atoms with Crippen LogP contribution in [0.25, 0.3) is 0 Å². The van der Waals surface area contributed by atoms with Crippen LogP contribution in [0, 0.1) is 0 Å². The summed E-state index contributed by atoms with van der Waals surface area (Å²) in [6, 6.07) is -0.326. The molecule has 0 spiro atoms. The molecule has 0 aliphatic carbocycles. The highest BCUT2D eigenvalue weighted by atomic mass is 16.6. The maximum Gasteiger partial charge on any atom is 0.410 e. The predicted octanol–water partition coefficient (Wildman–Crippen LogP) is 0.294. The van der Waals surface area contributed by atoms with Gasteiger partial charge in [-0.15, -0.1) is 0 Å². The average molecular weight is 225 g/mol. The second kappa shape index (κ2) is 4.13. The fourth-order valence-corrected chi connectivity index (χ4v) is 1.94. The number of likely N-dealkylation sites (N-methyl/N-ethyl adjacent to an activating group) is 1. The molecule has 1 aliphatic rings. The van der Waals surface area contributed by atoms with Gasteiger partial charge in [-0.2, -0.15) is 0 Å². The molecule has 0 bridgehead atoms. The number of imidazole rings is 1. The Bertz CT molecular complexity index is 390.